The maximum atomic E-state index is 6.44. The van der Waals surface area contributed by atoms with Gasteiger partial charge in [0.15, 0.2) is 0 Å². The van der Waals surface area contributed by atoms with E-state index < -0.39 is 0 Å². The summed E-state index contributed by atoms with van der Waals surface area (Å²) in [6, 6.07) is 16.1. The average Bonchev–Trinajstić information content (AvgIpc) is 3.05. The van der Waals surface area contributed by atoms with Gasteiger partial charge in [0.1, 0.15) is 5.84 Å². The summed E-state index contributed by atoms with van der Waals surface area (Å²) in [7, 11) is 0. The quantitative estimate of drug-likeness (QED) is 0.580. The Morgan fingerprint density at radius 1 is 1.08 bits per heavy atom. The molecule has 0 unspecified atom stereocenters. The highest BCUT2D eigenvalue weighted by molar-refractivity contribution is 7.09. The van der Waals surface area contributed by atoms with Gasteiger partial charge >= 0.3 is 0 Å². The van der Waals surface area contributed by atoms with Crippen LogP contribution in [0.1, 0.15) is 16.3 Å². The Balaban J connectivity index is 1.77. The molecule has 3 aromatic rings. The number of para-hydroxylation sites is 2. The number of nitrogens with zero attached hydrogens (tertiary/aromatic N) is 3. The van der Waals surface area contributed by atoms with Gasteiger partial charge in [-0.05, 0) is 42.8 Å². The normalized spacial score (nSPS) is 13.8. The highest BCUT2D eigenvalue weighted by Crippen LogP contribution is 2.33. The van der Waals surface area contributed by atoms with Gasteiger partial charge in [0.2, 0.25) is 0 Å². The van der Waals surface area contributed by atoms with E-state index in [-0.39, 0.29) is 0 Å². The lowest BCUT2D eigenvalue weighted by atomic mass is 10.1. The van der Waals surface area contributed by atoms with Crippen LogP contribution in [0.4, 0.5) is 11.4 Å². The molecular formula is C20H16ClN3S. The van der Waals surface area contributed by atoms with Crippen molar-refractivity contribution in [1.29, 1.82) is 0 Å². The number of aryl methyl sites for hydroxylation is 1. The van der Waals surface area contributed by atoms with E-state index in [1.165, 1.54) is 5.56 Å². The molecule has 4 rings (SSSR count). The van der Waals surface area contributed by atoms with Crippen LogP contribution < -0.4 is 4.90 Å². The predicted molar refractivity (Wildman–Crippen MR) is 107 cm³/mol. The molecule has 0 atom stereocenters. The summed E-state index contributed by atoms with van der Waals surface area (Å²) in [4.78, 5) is 11.5. The third-order valence-corrected chi connectivity index (χ3v) is 5.13. The Hall–Kier alpha value is -2.43. The van der Waals surface area contributed by atoms with Gasteiger partial charge in [-0.25, -0.2) is 9.98 Å². The first-order valence-electron chi connectivity index (χ1n) is 7.99. The lowest BCUT2D eigenvalue weighted by molar-refractivity contribution is 0.982. The summed E-state index contributed by atoms with van der Waals surface area (Å²) in [5.74, 6) is 0.859. The van der Waals surface area contributed by atoms with Gasteiger partial charge < -0.3 is 4.90 Å². The molecular weight excluding hydrogens is 350 g/mol. The lowest BCUT2D eigenvalue weighted by Gasteiger charge is -2.29. The SMILES string of the molecule is Cc1nc(C=CC2=Nc3ccccc3CN2c2ccccc2Cl)cs1. The van der Waals surface area contributed by atoms with Gasteiger partial charge in [-0.1, -0.05) is 41.9 Å². The summed E-state index contributed by atoms with van der Waals surface area (Å²) >= 11 is 8.08. The number of aromatic nitrogens is 1. The van der Waals surface area contributed by atoms with E-state index in [0.717, 1.165) is 34.5 Å². The largest absolute Gasteiger partial charge is 0.320 e. The molecule has 2 heterocycles. The first kappa shape index (κ1) is 16.1. The van der Waals surface area contributed by atoms with Gasteiger partial charge in [-0.15, -0.1) is 11.3 Å². The molecule has 0 aliphatic carbocycles. The van der Waals surface area contributed by atoms with E-state index in [1.54, 1.807) is 11.3 Å². The summed E-state index contributed by atoms with van der Waals surface area (Å²) in [5.41, 5.74) is 4.09. The molecule has 0 saturated heterocycles. The van der Waals surface area contributed by atoms with Crippen molar-refractivity contribution < 1.29 is 0 Å². The zero-order valence-electron chi connectivity index (χ0n) is 13.7. The fourth-order valence-corrected chi connectivity index (χ4v) is 3.63. The van der Waals surface area contributed by atoms with Crippen LogP contribution in [-0.4, -0.2) is 10.8 Å². The van der Waals surface area contributed by atoms with Gasteiger partial charge in [-0.3, -0.25) is 0 Å². The molecule has 124 valence electrons. The Morgan fingerprint density at radius 2 is 1.88 bits per heavy atom. The maximum absolute atomic E-state index is 6.44. The van der Waals surface area contributed by atoms with Crippen molar-refractivity contribution in [2.75, 3.05) is 4.90 Å². The zero-order valence-corrected chi connectivity index (χ0v) is 15.3. The van der Waals surface area contributed by atoms with Gasteiger partial charge in [0, 0.05) is 5.38 Å². The van der Waals surface area contributed by atoms with Crippen molar-refractivity contribution in [3.05, 3.63) is 81.3 Å². The molecule has 0 bridgehead atoms. The van der Waals surface area contributed by atoms with E-state index in [4.69, 9.17) is 16.6 Å². The minimum absolute atomic E-state index is 0.715. The molecule has 0 fully saturated rings. The van der Waals surface area contributed by atoms with Crippen LogP contribution in [0.5, 0.6) is 0 Å². The molecule has 1 aliphatic heterocycles. The maximum Gasteiger partial charge on any atom is 0.134 e. The van der Waals surface area contributed by atoms with E-state index in [9.17, 15) is 0 Å². The first-order valence-corrected chi connectivity index (χ1v) is 9.25. The molecule has 0 amide bonds. The number of hydrogen-bond donors (Lipinski definition) is 0. The lowest BCUT2D eigenvalue weighted by Crippen LogP contribution is -2.31. The van der Waals surface area contributed by atoms with Gasteiger partial charge in [-0.2, -0.15) is 0 Å². The zero-order chi connectivity index (χ0) is 17.2. The Labute approximate surface area is 155 Å². The number of benzene rings is 2. The number of halogens is 1. The molecule has 3 nitrogen and oxygen atoms in total. The van der Waals surface area contributed by atoms with E-state index in [2.05, 4.69) is 16.0 Å². The molecule has 1 aromatic heterocycles. The topological polar surface area (TPSA) is 28.5 Å². The van der Waals surface area contributed by atoms with Crippen LogP contribution in [0.2, 0.25) is 5.02 Å². The predicted octanol–water partition coefficient (Wildman–Crippen LogP) is 5.87. The van der Waals surface area contributed by atoms with Crippen molar-refractivity contribution >= 4 is 46.2 Å². The first-order chi connectivity index (χ1) is 12.2. The monoisotopic (exact) mass is 365 g/mol. The second-order valence-electron chi connectivity index (χ2n) is 5.76. The van der Waals surface area contributed by atoms with Crippen LogP contribution in [0.3, 0.4) is 0 Å². The molecule has 5 heteroatoms. The second-order valence-corrected chi connectivity index (χ2v) is 7.23. The minimum Gasteiger partial charge on any atom is -0.320 e. The average molecular weight is 366 g/mol. The highest BCUT2D eigenvalue weighted by Gasteiger charge is 2.21. The third kappa shape index (κ3) is 3.36. The van der Waals surface area contributed by atoms with Crippen LogP contribution in [-0.2, 0) is 6.54 Å². The second kappa shape index (κ2) is 6.82. The fraction of sp³-hybridized carbons (Fsp3) is 0.100. The van der Waals surface area contributed by atoms with Crippen molar-refractivity contribution in [3.8, 4) is 0 Å². The molecule has 0 spiro atoms. The van der Waals surface area contributed by atoms with Crippen molar-refractivity contribution in [2.24, 2.45) is 4.99 Å². The Morgan fingerprint density at radius 3 is 2.68 bits per heavy atom. The number of fused-ring (bicyclic) bond motifs is 1. The third-order valence-electron chi connectivity index (χ3n) is 4.01. The molecule has 0 saturated carbocycles. The van der Waals surface area contributed by atoms with Crippen molar-refractivity contribution in [1.82, 2.24) is 4.98 Å². The number of rotatable bonds is 3. The van der Waals surface area contributed by atoms with E-state index >= 15 is 0 Å². The van der Waals surface area contributed by atoms with Gasteiger partial charge in [0.25, 0.3) is 0 Å². The molecule has 0 N–H and O–H groups in total. The fourth-order valence-electron chi connectivity index (χ4n) is 2.81. The smallest absolute Gasteiger partial charge is 0.134 e. The summed E-state index contributed by atoms with van der Waals surface area (Å²) in [5, 5.41) is 3.81. The van der Waals surface area contributed by atoms with Gasteiger partial charge in [0.05, 0.1) is 33.6 Å². The summed E-state index contributed by atoms with van der Waals surface area (Å²) in [6.45, 7) is 2.74. The summed E-state index contributed by atoms with van der Waals surface area (Å²) < 4.78 is 0. The number of amidine groups is 1. The van der Waals surface area contributed by atoms with Crippen LogP contribution in [0, 0.1) is 6.92 Å². The molecule has 2 aromatic carbocycles. The van der Waals surface area contributed by atoms with E-state index in [1.807, 2.05) is 66.9 Å². The standard InChI is InChI=1S/C20H16ClN3S/c1-14-22-16(13-25-14)10-11-20-23-18-8-4-2-6-15(18)12-24(20)19-9-5-3-7-17(19)21/h2-11,13H,12H2,1H3. The van der Waals surface area contributed by atoms with Crippen molar-refractivity contribution in [2.45, 2.75) is 13.5 Å². The number of anilines is 1. The number of aliphatic imine (C=N–C) groups is 1. The molecule has 1 aliphatic rings. The number of hydrogen-bond acceptors (Lipinski definition) is 4. The Bertz CT molecular complexity index is 974. The van der Waals surface area contributed by atoms with Crippen LogP contribution in [0.25, 0.3) is 6.08 Å². The molecule has 0 radical (unpaired) electrons. The van der Waals surface area contributed by atoms with E-state index in [0.29, 0.717) is 5.02 Å². The molecule has 25 heavy (non-hydrogen) atoms. The summed E-state index contributed by atoms with van der Waals surface area (Å²) in [6.07, 6.45) is 4.01. The van der Waals surface area contributed by atoms with Crippen LogP contribution in [0.15, 0.2) is 65.0 Å². The number of thiazole rings is 1. The minimum atomic E-state index is 0.715. The highest BCUT2D eigenvalue weighted by atomic mass is 35.5. The van der Waals surface area contributed by atoms with Crippen LogP contribution >= 0.6 is 22.9 Å². The van der Waals surface area contributed by atoms with Crippen molar-refractivity contribution in [3.63, 3.8) is 0 Å². The Kier molecular flexibility index (Phi) is 4.38.